The smallest absolute Gasteiger partial charge is 0.175 e. The van der Waals surface area contributed by atoms with E-state index in [4.69, 9.17) is 14.2 Å². The number of hydrogen-bond acceptors (Lipinski definition) is 4. The van der Waals surface area contributed by atoms with Gasteiger partial charge in [0.15, 0.2) is 11.5 Å². The van der Waals surface area contributed by atoms with E-state index >= 15 is 0 Å². The van der Waals surface area contributed by atoms with Gasteiger partial charge in [-0.3, -0.25) is 0 Å². The van der Waals surface area contributed by atoms with Gasteiger partial charge in [0.05, 0.1) is 6.61 Å². The molecule has 0 bridgehead atoms. The van der Waals surface area contributed by atoms with Gasteiger partial charge in [-0.2, -0.15) is 0 Å². The van der Waals surface area contributed by atoms with E-state index in [2.05, 4.69) is 0 Å². The average Bonchev–Trinajstić information content (AvgIpc) is 2.77. The van der Waals surface area contributed by atoms with E-state index in [9.17, 15) is 5.11 Å². The predicted molar refractivity (Wildman–Crippen MR) is 112 cm³/mol. The van der Waals surface area contributed by atoms with Crippen LogP contribution in [0.4, 0.5) is 0 Å². The molecule has 0 aromatic heterocycles. The van der Waals surface area contributed by atoms with E-state index in [0.29, 0.717) is 40.1 Å². The first kappa shape index (κ1) is 18.6. The quantitative estimate of drug-likeness (QED) is 0.392. The summed E-state index contributed by atoms with van der Waals surface area (Å²) in [7, 11) is 0. The molecule has 0 spiro atoms. The van der Waals surface area contributed by atoms with Crippen LogP contribution in [0.2, 0.25) is 0 Å². The Bertz CT molecular complexity index is 1050. The Kier molecular flexibility index (Phi) is 5.74. The molecule has 0 aliphatic carbocycles. The van der Waals surface area contributed by atoms with Gasteiger partial charge in [0.1, 0.15) is 23.0 Å². The Balaban J connectivity index is 1.75. The molecule has 0 heterocycles. The highest BCUT2D eigenvalue weighted by Gasteiger charge is 2.17. The first-order valence-electron chi connectivity index (χ1n) is 9.28. The van der Waals surface area contributed by atoms with Gasteiger partial charge >= 0.3 is 0 Å². The van der Waals surface area contributed by atoms with Gasteiger partial charge < -0.3 is 19.3 Å². The lowest BCUT2D eigenvalue weighted by molar-refractivity contribution is 0.274. The van der Waals surface area contributed by atoms with E-state index in [1.807, 2.05) is 91.0 Å². The molecule has 0 saturated heterocycles. The molecule has 4 rings (SSSR count). The lowest BCUT2D eigenvalue weighted by Gasteiger charge is -2.17. The van der Waals surface area contributed by atoms with Crippen LogP contribution < -0.4 is 14.2 Å². The van der Waals surface area contributed by atoms with Crippen LogP contribution in [-0.4, -0.2) is 5.11 Å². The minimum atomic E-state index is -0.223. The SMILES string of the molecule is OCc1cc(Oc2ccccc2)cc(Oc2ccccc2)c1Oc1ccccc1. The van der Waals surface area contributed by atoms with Gasteiger partial charge in [-0.05, 0) is 42.5 Å². The second-order valence-corrected chi connectivity index (χ2v) is 6.31. The zero-order chi connectivity index (χ0) is 19.9. The van der Waals surface area contributed by atoms with Crippen LogP contribution in [-0.2, 0) is 6.61 Å². The number of ether oxygens (including phenoxy) is 3. The second-order valence-electron chi connectivity index (χ2n) is 6.31. The molecule has 0 aliphatic heterocycles. The van der Waals surface area contributed by atoms with Crippen molar-refractivity contribution in [3.8, 4) is 34.5 Å². The molecule has 4 aromatic carbocycles. The normalized spacial score (nSPS) is 10.4. The standard InChI is InChI=1S/C25H20O4/c26-18-19-16-23(27-20-10-4-1-5-11-20)17-24(28-21-12-6-2-7-13-21)25(19)29-22-14-8-3-9-15-22/h1-17,26H,18H2. The molecule has 0 atom stereocenters. The summed E-state index contributed by atoms with van der Waals surface area (Å²) in [5.74, 6) is 3.45. The number of para-hydroxylation sites is 3. The maximum Gasteiger partial charge on any atom is 0.175 e. The lowest BCUT2D eigenvalue weighted by Crippen LogP contribution is -1.97. The van der Waals surface area contributed by atoms with Crippen LogP contribution in [0.5, 0.6) is 34.5 Å². The minimum absolute atomic E-state index is 0.223. The maximum atomic E-state index is 9.99. The molecular weight excluding hydrogens is 364 g/mol. The highest BCUT2D eigenvalue weighted by Crippen LogP contribution is 2.42. The number of hydrogen-bond donors (Lipinski definition) is 1. The van der Waals surface area contributed by atoms with Gasteiger partial charge in [0.2, 0.25) is 0 Å². The van der Waals surface area contributed by atoms with Crippen LogP contribution in [0.15, 0.2) is 103 Å². The monoisotopic (exact) mass is 384 g/mol. The van der Waals surface area contributed by atoms with Crippen LogP contribution in [0, 0.1) is 0 Å². The second kappa shape index (κ2) is 8.95. The summed E-state index contributed by atoms with van der Waals surface area (Å²) in [5, 5.41) is 9.99. The molecule has 0 unspecified atom stereocenters. The Morgan fingerprint density at radius 3 is 1.52 bits per heavy atom. The fourth-order valence-electron chi connectivity index (χ4n) is 2.85. The molecule has 0 radical (unpaired) electrons. The first-order valence-corrected chi connectivity index (χ1v) is 9.28. The number of aliphatic hydroxyl groups excluding tert-OH is 1. The number of rotatable bonds is 7. The fraction of sp³-hybridized carbons (Fsp3) is 0.0400. The molecule has 1 N–H and O–H groups in total. The highest BCUT2D eigenvalue weighted by atomic mass is 16.5. The van der Waals surface area contributed by atoms with E-state index in [1.165, 1.54) is 0 Å². The number of benzene rings is 4. The topological polar surface area (TPSA) is 47.9 Å². The van der Waals surface area contributed by atoms with Crippen molar-refractivity contribution >= 4 is 0 Å². The Labute approximate surface area is 169 Å². The largest absolute Gasteiger partial charge is 0.457 e. The average molecular weight is 384 g/mol. The Morgan fingerprint density at radius 2 is 1.00 bits per heavy atom. The van der Waals surface area contributed by atoms with Gasteiger partial charge in [-0.25, -0.2) is 0 Å². The summed E-state index contributed by atoms with van der Waals surface area (Å²) in [4.78, 5) is 0. The molecule has 4 aromatic rings. The third-order valence-electron chi connectivity index (χ3n) is 4.19. The van der Waals surface area contributed by atoms with Crippen molar-refractivity contribution in [2.24, 2.45) is 0 Å². The van der Waals surface area contributed by atoms with E-state index < -0.39 is 0 Å². The zero-order valence-corrected chi connectivity index (χ0v) is 15.7. The molecule has 0 amide bonds. The number of aliphatic hydroxyl groups is 1. The van der Waals surface area contributed by atoms with Crippen molar-refractivity contribution in [2.45, 2.75) is 6.61 Å². The summed E-state index contributed by atoms with van der Waals surface area (Å²) >= 11 is 0. The summed E-state index contributed by atoms with van der Waals surface area (Å²) < 4.78 is 18.1. The van der Waals surface area contributed by atoms with Gasteiger partial charge in [-0.15, -0.1) is 0 Å². The summed E-state index contributed by atoms with van der Waals surface area (Å²) in [6.07, 6.45) is 0. The van der Waals surface area contributed by atoms with Gasteiger partial charge in [0.25, 0.3) is 0 Å². The third-order valence-corrected chi connectivity index (χ3v) is 4.19. The molecule has 0 saturated carbocycles. The van der Waals surface area contributed by atoms with Crippen LogP contribution >= 0.6 is 0 Å². The van der Waals surface area contributed by atoms with Crippen molar-refractivity contribution < 1.29 is 19.3 Å². The lowest BCUT2D eigenvalue weighted by atomic mass is 10.1. The molecule has 4 nitrogen and oxygen atoms in total. The van der Waals surface area contributed by atoms with Gasteiger partial charge in [-0.1, -0.05) is 54.6 Å². The summed E-state index contributed by atoms with van der Waals surface area (Å²) in [6, 6.07) is 31.8. The van der Waals surface area contributed by atoms with E-state index in [-0.39, 0.29) is 6.61 Å². The molecule has 0 fully saturated rings. The zero-order valence-electron chi connectivity index (χ0n) is 15.7. The van der Waals surface area contributed by atoms with Crippen molar-refractivity contribution in [3.05, 3.63) is 109 Å². The van der Waals surface area contributed by atoms with Crippen LogP contribution in [0.25, 0.3) is 0 Å². The van der Waals surface area contributed by atoms with Crippen molar-refractivity contribution in [2.75, 3.05) is 0 Å². The van der Waals surface area contributed by atoms with Crippen LogP contribution in [0.1, 0.15) is 5.56 Å². The van der Waals surface area contributed by atoms with Crippen molar-refractivity contribution in [1.29, 1.82) is 0 Å². The molecule has 0 aliphatic rings. The van der Waals surface area contributed by atoms with Crippen molar-refractivity contribution in [1.82, 2.24) is 0 Å². The highest BCUT2D eigenvalue weighted by molar-refractivity contribution is 5.55. The van der Waals surface area contributed by atoms with Crippen LogP contribution in [0.3, 0.4) is 0 Å². The minimum Gasteiger partial charge on any atom is -0.457 e. The van der Waals surface area contributed by atoms with Gasteiger partial charge in [0, 0.05) is 11.6 Å². The summed E-state index contributed by atoms with van der Waals surface area (Å²) in [5.41, 5.74) is 0.563. The first-order chi connectivity index (χ1) is 14.3. The van der Waals surface area contributed by atoms with E-state index in [0.717, 1.165) is 0 Å². The Morgan fingerprint density at radius 1 is 0.517 bits per heavy atom. The van der Waals surface area contributed by atoms with Crippen molar-refractivity contribution in [3.63, 3.8) is 0 Å². The summed E-state index contributed by atoms with van der Waals surface area (Å²) in [6.45, 7) is -0.223. The third kappa shape index (κ3) is 4.75. The Hall–Kier alpha value is -3.76. The molecule has 29 heavy (non-hydrogen) atoms. The predicted octanol–water partition coefficient (Wildman–Crippen LogP) is 6.56. The molecule has 4 heteroatoms. The molecule has 144 valence electrons. The molecular formula is C25H20O4. The maximum absolute atomic E-state index is 9.99. The van der Waals surface area contributed by atoms with E-state index in [1.54, 1.807) is 12.1 Å². The fourth-order valence-corrected chi connectivity index (χ4v) is 2.85.